The smallest absolute Gasteiger partial charge is 0.211 e. The second-order valence-corrected chi connectivity index (χ2v) is 5.18. The van der Waals surface area contributed by atoms with Crippen LogP contribution in [0.5, 0.6) is 0 Å². The molecule has 4 nitrogen and oxygen atoms in total. The maximum atomic E-state index is 10.9. The van der Waals surface area contributed by atoms with E-state index in [4.69, 9.17) is 5.73 Å². The van der Waals surface area contributed by atoms with Crippen LogP contribution in [0, 0.1) is 0 Å². The maximum absolute atomic E-state index is 10.9. The van der Waals surface area contributed by atoms with E-state index in [9.17, 15) is 8.42 Å². The Morgan fingerprint density at radius 1 is 1.55 bits per heavy atom. The van der Waals surface area contributed by atoms with Crippen molar-refractivity contribution in [1.29, 1.82) is 0 Å². The molecule has 0 aromatic rings. The molecule has 0 radical (unpaired) electrons. The SMILES string of the molecule is CCS(=O)(=O)NCC1(N)CC1. The largest absolute Gasteiger partial charge is 0.324 e. The molecule has 0 saturated heterocycles. The highest BCUT2D eigenvalue weighted by atomic mass is 32.2. The Bertz CT molecular complexity index is 231. The fraction of sp³-hybridized carbons (Fsp3) is 1.00. The molecule has 1 rings (SSSR count). The Morgan fingerprint density at radius 3 is 2.45 bits per heavy atom. The van der Waals surface area contributed by atoms with Crippen LogP contribution in [0.15, 0.2) is 0 Å². The molecule has 5 heteroatoms. The van der Waals surface area contributed by atoms with Gasteiger partial charge in [-0.2, -0.15) is 0 Å². The molecule has 1 fully saturated rings. The summed E-state index contributed by atoms with van der Waals surface area (Å²) in [6, 6.07) is 0. The van der Waals surface area contributed by atoms with Crippen molar-refractivity contribution in [3.05, 3.63) is 0 Å². The number of nitrogens with one attached hydrogen (secondary N) is 1. The van der Waals surface area contributed by atoms with Gasteiger partial charge in [0.15, 0.2) is 0 Å². The second-order valence-electron chi connectivity index (χ2n) is 3.09. The third kappa shape index (κ3) is 2.76. The number of sulfonamides is 1. The summed E-state index contributed by atoms with van der Waals surface area (Å²) >= 11 is 0. The number of rotatable bonds is 4. The van der Waals surface area contributed by atoms with Gasteiger partial charge in [-0.15, -0.1) is 0 Å². The van der Waals surface area contributed by atoms with Crippen molar-refractivity contribution in [2.24, 2.45) is 5.73 Å². The summed E-state index contributed by atoms with van der Waals surface area (Å²) in [6.07, 6.45) is 1.86. The maximum Gasteiger partial charge on any atom is 0.211 e. The molecule has 0 aliphatic heterocycles. The van der Waals surface area contributed by atoms with Crippen LogP contribution in [0.1, 0.15) is 19.8 Å². The third-order valence-corrected chi connectivity index (χ3v) is 3.26. The summed E-state index contributed by atoms with van der Waals surface area (Å²) in [5.41, 5.74) is 5.45. The fourth-order valence-corrected chi connectivity index (χ4v) is 1.40. The van der Waals surface area contributed by atoms with Gasteiger partial charge in [0, 0.05) is 12.1 Å². The molecule has 0 spiro atoms. The van der Waals surface area contributed by atoms with Crippen molar-refractivity contribution in [1.82, 2.24) is 4.72 Å². The Balaban J connectivity index is 2.32. The van der Waals surface area contributed by atoms with Crippen LogP contribution in [0.4, 0.5) is 0 Å². The molecule has 0 unspecified atom stereocenters. The zero-order chi connectivity index (χ0) is 8.54. The lowest BCUT2D eigenvalue weighted by atomic mass is 10.3. The molecule has 0 aromatic carbocycles. The van der Waals surface area contributed by atoms with Gasteiger partial charge in [-0.1, -0.05) is 0 Å². The Kier molecular flexibility index (Phi) is 2.22. The highest BCUT2D eigenvalue weighted by molar-refractivity contribution is 7.89. The van der Waals surface area contributed by atoms with Crippen LogP contribution >= 0.6 is 0 Å². The van der Waals surface area contributed by atoms with E-state index < -0.39 is 10.0 Å². The van der Waals surface area contributed by atoms with Crippen molar-refractivity contribution in [2.45, 2.75) is 25.3 Å². The molecular formula is C6H14N2O2S. The molecule has 1 aliphatic carbocycles. The van der Waals surface area contributed by atoms with E-state index in [-0.39, 0.29) is 11.3 Å². The van der Waals surface area contributed by atoms with E-state index in [0.29, 0.717) is 6.54 Å². The van der Waals surface area contributed by atoms with Gasteiger partial charge in [-0.3, -0.25) is 0 Å². The molecule has 0 heterocycles. The second kappa shape index (κ2) is 2.73. The van der Waals surface area contributed by atoms with E-state index in [1.165, 1.54) is 0 Å². The lowest BCUT2D eigenvalue weighted by molar-refractivity contribution is 0.566. The van der Waals surface area contributed by atoms with Gasteiger partial charge in [-0.05, 0) is 19.8 Å². The van der Waals surface area contributed by atoms with Gasteiger partial charge in [0.05, 0.1) is 5.75 Å². The molecule has 0 aromatic heterocycles. The topological polar surface area (TPSA) is 72.2 Å². The Labute approximate surface area is 67.2 Å². The molecule has 1 saturated carbocycles. The summed E-state index contributed by atoms with van der Waals surface area (Å²) in [4.78, 5) is 0. The van der Waals surface area contributed by atoms with Crippen molar-refractivity contribution in [2.75, 3.05) is 12.3 Å². The molecule has 66 valence electrons. The van der Waals surface area contributed by atoms with Crippen LogP contribution in [-0.2, 0) is 10.0 Å². The van der Waals surface area contributed by atoms with Crippen molar-refractivity contribution >= 4 is 10.0 Å². The van der Waals surface area contributed by atoms with Crippen molar-refractivity contribution in [3.63, 3.8) is 0 Å². The van der Waals surface area contributed by atoms with Crippen LogP contribution in [-0.4, -0.2) is 26.3 Å². The lowest BCUT2D eigenvalue weighted by Crippen LogP contribution is -2.39. The Hall–Kier alpha value is -0.130. The van der Waals surface area contributed by atoms with E-state index in [1.54, 1.807) is 6.92 Å². The van der Waals surface area contributed by atoms with E-state index in [0.717, 1.165) is 12.8 Å². The van der Waals surface area contributed by atoms with E-state index >= 15 is 0 Å². The normalized spacial score (nSPS) is 21.6. The van der Waals surface area contributed by atoms with Crippen LogP contribution in [0.3, 0.4) is 0 Å². The molecular weight excluding hydrogens is 164 g/mol. The van der Waals surface area contributed by atoms with Gasteiger partial charge < -0.3 is 5.73 Å². The van der Waals surface area contributed by atoms with Crippen LogP contribution < -0.4 is 10.5 Å². The zero-order valence-corrected chi connectivity index (χ0v) is 7.45. The summed E-state index contributed by atoms with van der Waals surface area (Å²) < 4.78 is 24.3. The lowest BCUT2D eigenvalue weighted by Gasteiger charge is -2.08. The minimum atomic E-state index is -3.04. The first-order valence-electron chi connectivity index (χ1n) is 3.74. The predicted octanol–water partition coefficient (Wildman–Crippen LogP) is -0.583. The molecule has 0 bridgehead atoms. The molecule has 3 N–H and O–H groups in total. The van der Waals surface area contributed by atoms with E-state index in [2.05, 4.69) is 4.72 Å². The minimum Gasteiger partial charge on any atom is -0.324 e. The highest BCUT2D eigenvalue weighted by Gasteiger charge is 2.38. The zero-order valence-electron chi connectivity index (χ0n) is 6.63. The third-order valence-electron chi connectivity index (χ3n) is 1.92. The van der Waals surface area contributed by atoms with Gasteiger partial charge in [0.2, 0.25) is 10.0 Å². The molecule has 11 heavy (non-hydrogen) atoms. The highest BCUT2D eigenvalue weighted by Crippen LogP contribution is 2.31. The summed E-state index contributed by atoms with van der Waals surface area (Å²) in [7, 11) is -3.04. The van der Waals surface area contributed by atoms with Gasteiger partial charge in [0.1, 0.15) is 0 Å². The first-order valence-corrected chi connectivity index (χ1v) is 5.39. The van der Waals surface area contributed by atoms with Gasteiger partial charge in [-0.25, -0.2) is 13.1 Å². The fourth-order valence-electron chi connectivity index (χ4n) is 0.693. The summed E-state index contributed by atoms with van der Waals surface area (Å²) in [6.45, 7) is 2.00. The van der Waals surface area contributed by atoms with Gasteiger partial charge in [0.25, 0.3) is 0 Å². The van der Waals surface area contributed by atoms with Crippen molar-refractivity contribution in [3.8, 4) is 0 Å². The standard InChI is InChI=1S/C6H14N2O2S/c1-2-11(9,10)8-5-6(7)3-4-6/h8H,2-5,7H2,1H3. The molecule has 0 amide bonds. The first-order chi connectivity index (χ1) is 4.97. The number of hydrogen-bond donors (Lipinski definition) is 2. The van der Waals surface area contributed by atoms with Crippen LogP contribution in [0.2, 0.25) is 0 Å². The monoisotopic (exact) mass is 178 g/mol. The quantitative estimate of drug-likeness (QED) is 0.605. The summed E-state index contributed by atoms with van der Waals surface area (Å²) in [5, 5.41) is 0. The average molecular weight is 178 g/mol. The number of nitrogens with two attached hydrogens (primary N) is 1. The summed E-state index contributed by atoms with van der Waals surface area (Å²) in [5.74, 6) is 0.128. The average Bonchev–Trinajstić information content (AvgIpc) is 2.66. The predicted molar refractivity (Wildman–Crippen MR) is 43.6 cm³/mol. The van der Waals surface area contributed by atoms with E-state index in [1.807, 2.05) is 0 Å². The first kappa shape index (κ1) is 8.96. The minimum absolute atomic E-state index is 0.128. The molecule has 0 atom stereocenters. The number of hydrogen-bond acceptors (Lipinski definition) is 3. The molecule has 1 aliphatic rings. The Morgan fingerprint density at radius 2 is 2.09 bits per heavy atom. The van der Waals surface area contributed by atoms with Gasteiger partial charge >= 0.3 is 0 Å². The van der Waals surface area contributed by atoms with Crippen molar-refractivity contribution < 1.29 is 8.42 Å². The van der Waals surface area contributed by atoms with Crippen LogP contribution in [0.25, 0.3) is 0 Å².